The van der Waals surface area contributed by atoms with Crippen molar-refractivity contribution in [3.8, 4) is 0 Å². The van der Waals surface area contributed by atoms with E-state index in [1.54, 1.807) is 0 Å². The zero-order valence-corrected chi connectivity index (χ0v) is 16.6. The number of methoxy groups -OCH3 is 1. The van der Waals surface area contributed by atoms with E-state index in [9.17, 15) is 4.79 Å². The normalized spacial score (nSPS) is 15.0. The van der Waals surface area contributed by atoms with Crippen LogP contribution in [-0.2, 0) is 14.0 Å². The molecule has 0 bridgehead atoms. The quantitative estimate of drug-likeness (QED) is 0.434. The van der Waals surface area contributed by atoms with E-state index in [4.69, 9.17) is 9.16 Å². The van der Waals surface area contributed by atoms with Gasteiger partial charge in [0.05, 0.1) is 15.2 Å². The lowest BCUT2D eigenvalue weighted by atomic mass is 10.2. The smallest absolute Gasteiger partial charge is 0.334 e. The number of esters is 1. The molecule has 0 spiro atoms. The van der Waals surface area contributed by atoms with Gasteiger partial charge in [0.25, 0.3) is 0 Å². The lowest BCUT2D eigenvalue weighted by molar-refractivity contribution is -0.149. The first-order chi connectivity index (χ1) is 10.1. The summed E-state index contributed by atoms with van der Waals surface area (Å²) in [5.41, 5.74) is -0.0333. The summed E-state index contributed by atoms with van der Waals surface area (Å²) in [4.78, 5) is 12.3. The van der Waals surface area contributed by atoms with E-state index in [0.717, 1.165) is 0 Å². The van der Waals surface area contributed by atoms with E-state index in [-0.39, 0.29) is 11.5 Å². The van der Waals surface area contributed by atoms with Gasteiger partial charge in [-0.2, -0.15) is 0 Å². The third-order valence-corrected chi connectivity index (χ3v) is 8.83. The summed E-state index contributed by atoms with van der Waals surface area (Å²) in [7, 11) is -2.44. The van der Waals surface area contributed by atoms with Crippen LogP contribution in [0, 0.1) is 0 Å². The number of hydrogen-bond donors (Lipinski definition) is 0. The SMILES string of the molecule is C=C[C@H]([C@H](O[Si](C)(C)C)C(=O)OC)[Si](C)(C)c1ccccc1. The lowest BCUT2D eigenvalue weighted by Gasteiger charge is -2.37. The first-order valence-electron chi connectivity index (χ1n) is 7.57. The Morgan fingerprint density at radius 1 is 1.14 bits per heavy atom. The number of hydrogen-bond acceptors (Lipinski definition) is 3. The van der Waals surface area contributed by atoms with Gasteiger partial charge in [0, 0.05) is 5.54 Å². The van der Waals surface area contributed by atoms with Gasteiger partial charge in [-0.1, -0.05) is 54.7 Å². The maximum Gasteiger partial charge on any atom is 0.334 e. The van der Waals surface area contributed by atoms with Gasteiger partial charge in [-0.25, -0.2) is 4.79 Å². The molecule has 22 heavy (non-hydrogen) atoms. The van der Waals surface area contributed by atoms with Gasteiger partial charge >= 0.3 is 5.97 Å². The molecule has 3 nitrogen and oxygen atoms in total. The molecule has 5 heteroatoms. The zero-order valence-electron chi connectivity index (χ0n) is 14.6. The van der Waals surface area contributed by atoms with E-state index in [1.165, 1.54) is 12.3 Å². The summed E-state index contributed by atoms with van der Waals surface area (Å²) in [5, 5.41) is 1.29. The largest absolute Gasteiger partial charge is 0.467 e. The number of rotatable bonds is 7. The van der Waals surface area contributed by atoms with E-state index in [1.807, 2.05) is 24.3 Å². The average Bonchev–Trinajstić information content (AvgIpc) is 2.45. The molecule has 0 aliphatic heterocycles. The minimum atomic E-state index is -1.97. The highest BCUT2D eigenvalue weighted by Gasteiger charge is 2.43. The van der Waals surface area contributed by atoms with Crippen molar-refractivity contribution in [1.29, 1.82) is 0 Å². The Balaban J connectivity index is 3.23. The molecule has 122 valence electrons. The van der Waals surface area contributed by atoms with E-state index < -0.39 is 22.5 Å². The fourth-order valence-corrected chi connectivity index (χ4v) is 6.75. The van der Waals surface area contributed by atoms with Gasteiger partial charge in [0.15, 0.2) is 8.32 Å². The van der Waals surface area contributed by atoms with Crippen LogP contribution in [0.2, 0.25) is 38.3 Å². The molecule has 0 radical (unpaired) electrons. The topological polar surface area (TPSA) is 35.5 Å². The van der Waals surface area contributed by atoms with Gasteiger partial charge in [0.2, 0.25) is 0 Å². The molecule has 0 saturated heterocycles. The van der Waals surface area contributed by atoms with Gasteiger partial charge in [-0.3, -0.25) is 0 Å². The highest BCUT2D eigenvalue weighted by Crippen LogP contribution is 2.31. The van der Waals surface area contributed by atoms with Crippen molar-refractivity contribution in [3.63, 3.8) is 0 Å². The van der Waals surface area contributed by atoms with Gasteiger partial charge in [-0.15, -0.1) is 6.58 Å². The van der Waals surface area contributed by atoms with Crippen molar-refractivity contribution in [3.05, 3.63) is 43.0 Å². The molecule has 0 N–H and O–H groups in total. The van der Waals surface area contributed by atoms with E-state index >= 15 is 0 Å². The lowest BCUT2D eigenvalue weighted by Crippen LogP contribution is -2.53. The maximum absolute atomic E-state index is 12.3. The second-order valence-corrected chi connectivity index (χ2v) is 16.2. The Morgan fingerprint density at radius 3 is 2.09 bits per heavy atom. The number of carbonyl (C=O) groups is 1. The first-order valence-corrected chi connectivity index (χ1v) is 14.1. The van der Waals surface area contributed by atoms with Crippen molar-refractivity contribution >= 4 is 27.5 Å². The molecule has 0 unspecified atom stereocenters. The molecule has 0 aliphatic rings. The van der Waals surface area contributed by atoms with Crippen molar-refractivity contribution in [1.82, 2.24) is 0 Å². The molecule has 0 amide bonds. The highest BCUT2D eigenvalue weighted by atomic mass is 28.4. The Morgan fingerprint density at radius 2 is 1.68 bits per heavy atom. The minimum absolute atomic E-state index is 0.0333. The van der Waals surface area contributed by atoms with Crippen molar-refractivity contribution in [2.75, 3.05) is 7.11 Å². The van der Waals surface area contributed by atoms with Crippen molar-refractivity contribution in [2.24, 2.45) is 0 Å². The van der Waals surface area contributed by atoms with Crippen LogP contribution >= 0.6 is 0 Å². The van der Waals surface area contributed by atoms with Crippen LogP contribution in [-0.4, -0.2) is 35.6 Å². The van der Waals surface area contributed by atoms with Gasteiger partial charge in [-0.05, 0) is 19.6 Å². The molecular weight excluding hydrogens is 308 g/mol. The zero-order chi connectivity index (χ0) is 17.0. The number of carbonyl (C=O) groups excluding carboxylic acids is 1. The predicted octanol–water partition coefficient (Wildman–Crippen LogP) is 3.55. The Kier molecular flexibility index (Phi) is 6.34. The number of ether oxygens (including phenoxy) is 1. The standard InChI is InChI=1S/C17H28O3Si2/c1-8-15(16(17(18)19-2)20-21(3,4)5)22(6,7)14-12-10-9-11-13-14/h8-13,15-16H,1H2,2-7H3/t15-,16+/m1/s1. The molecule has 0 heterocycles. The summed E-state index contributed by atoms with van der Waals surface area (Å²) in [6.07, 6.45) is 1.30. The fraction of sp³-hybridized carbons (Fsp3) is 0.471. The third kappa shape index (κ3) is 4.66. The van der Waals surface area contributed by atoms with Crippen LogP contribution in [0.1, 0.15) is 0 Å². The molecule has 2 atom stereocenters. The second-order valence-electron chi connectivity index (χ2n) is 7.02. The van der Waals surface area contributed by atoms with E-state index in [2.05, 4.69) is 51.4 Å². The summed E-state index contributed by atoms with van der Waals surface area (Å²) in [6, 6.07) is 10.3. The van der Waals surface area contributed by atoms with E-state index in [0.29, 0.717) is 0 Å². The first kappa shape index (κ1) is 18.9. The van der Waals surface area contributed by atoms with Crippen LogP contribution in [0.4, 0.5) is 0 Å². The average molecular weight is 337 g/mol. The highest BCUT2D eigenvalue weighted by molar-refractivity contribution is 6.91. The number of benzene rings is 1. The molecule has 0 fully saturated rings. The minimum Gasteiger partial charge on any atom is -0.467 e. The van der Waals surface area contributed by atoms with Gasteiger partial charge < -0.3 is 9.16 Å². The molecule has 0 saturated carbocycles. The molecule has 0 aliphatic carbocycles. The van der Waals surface area contributed by atoms with Gasteiger partial charge in [0.1, 0.15) is 6.10 Å². The van der Waals surface area contributed by atoms with Crippen LogP contribution < -0.4 is 5.19 Å². The van der Waals surface area contributed by atoms with Crippen LogP contribution in [0.25, 0.3) is 0 Å². The summed E-state index contributed by atoms with van der Waals surface area (Å²) in [6.45, 7) is 14.7. The summed E-state index contributed by atoms with van der Waals surface area (Å²) in [5.74, 6) is -0.302. The van der Waals surface area contributed by atoms with Crippen molar-refractivity contribution < 1.29 is 14.0 Å². The second kappa shape index (κ2) is 7.39. The van der Waals surface area contributed by atoms with Crippen LogP contribution in [0.3, 0.4) is 0 Å². The summed E-state index contributed by atoms with van der Waals surface area (Å²) >= 11 is 0. The van der Waals surface area contributed by atoms with Crippen LogP contribution in [0.5, 0.6) is 0 Å². The molecule has 1 aromatic rings. The maximum atomic E-state index is 12.3. The predicted molar refractivity (Wildman–Crippen MR) is 97.7 cm³/mol. The molecular formula is C17H28O3Si2. The third-order valence-electron chi connectivity index (χ3n) is 3.85. The Hall–Kier alpha value is -1.18. The molecule has 0 aromatic heterocycles. The van der Waals surface area contributed by atoms with Crippen molar-refractivity contribution in [2.45, 2.75) is 44.4 Å². The Bertz CT molecular complexity index is 506. The Labute approximate surface area is 136 Å². The summed E-state index contributed by atoms with van der Waals surface area (Å²) < 4.78 is 11.2. The molecule has 1 aromatic carbocycles. The molecule has 1 rings (SSSR count). The monoisotopic (exact) mass is 336 g/mol. The van der Waals surface area contributed by atoms with Crippen LogP contribution in [0.15, 0.2) is 43.0 Å². The fourth-order valence-electron chi connectivity index (χ4n) is 2.62.